The number of rotatable bonds is 1. The van der Waals surface area contributed by atoms with E-state index in [4.69, 9.17) is 0 Å². The second kappa shape index (κ2) is 4.17. The first kappa shape index (κ1) is 11.2. The molecule has 98 valence electrons. The molecule has 1 atom stereocenters. The summed E-state index contributed by atoms with van der Waals surface area (Å²) in [5, 5.41) is 12.3. The average Bonchev–Trinajstić information content (AvgIpc) is 3.02. The topological polar surface area (TPSA) is 42.7 Å². The van der Waals surface area contributed by atoms with E-state index in [0.29, 0.717) is 12.0 Å². The molecule has 4 heteroatoms. The summed E-state index contributed by atoms with van der Waals surface area (Å²) in [7, 11) is 0. The standard InChI is InChI=1S/C15H18N4/c1-10-14-17-18-15(19(14)7-6-16-10)13-8-11-4-2-3-5-12(11)9-13/h2-5,10,13,16H,6-9H2,1H3. The fourth-order valence-electron chi connectivity index (χ4n) is 3.40. The van der Waals surface area contributed by atoms with Gasteiger partial charge < -0.3 is 9.88 Å². The first-order chi connectivity index (χ1) is 9.33. The summed E-state index contributed by atoms with van der Waals surface area (Å²) < 4.78 is 2.33. The molecular weight excluding hydrogens is 236 g/mol. The fourth-order valence-corrected chi connectivity index (χ4v) is 3.40. The van der Waals surface area contributed by atoms with Crippen molar-refractivity contribution in [2.24, 2.45) is 0 Å². The summed E-state index contributed by atoms with van der Waals surface area (Å²) in [5.41, 5.74) is 2.96. The van der Waals surface area contributed by atoms with Gasteiger partial charge in [-0.3, -0.25) is 0 Å². The first-order valence-electron chi connectivity index (χ1n) is 7.06. The van der Waals surface area contributed by atoms with Crippen molar-refractivity contribution < 1.29 is 0 Å². The minimum absolute atomic E-state index is 0.318. The molecule has 1 N–H and O–H groups in total. The zero-order valence-corrected chi connectivity index (χ0v) is 11.1. The summed E-state index contributed by atoms with van der Waals surface area (Å²) in [4.78, 5) is 0. The van der Waals surface area contributed by atoms with Gasteiger partial charge in [-0.2, -0.15) is 0 Å². The zero-order chi connectivity index (χ0) is 12.8. The Morgan fingerprint density at radius 3 is 2.53 bits per heavy atom. The van der Waals surface area contributed by atoms with Crippen molar-refractivity contribution in [1.82, 2.24) is 20.1 Å². The van der Waals surface area contributed by atoms with Gasteiger partial charge in [-0.15, -0.1) is 10.2 Å². The SMILES string of the molecule is CC1NCCn2c(C3Cc4ccccc4C3)nnc21. The predicted octanol–water partition coefficient (Wildman–Crippen LogP) is 1.82. The predicted molar refractivity (Wildman–Crippen MR) is 73.0 cm³/mol. The van der Waals surface area contributed by atoms with Crippen LogP contribution in [0.2, 0.25) is 0 Å². The van der Waals surface area contributed by atoms with Crippen molar-refractivity contribution in [3.8, 4) is 0 Å². The van der Waals surface area contributed by atoms with Crippen LogP contribution in [0, 0.1) is 0 Å². The van der Waals surface area contributed by atoms with E-state index in [0.717, 1.165) is 31.8 Å². The molecule has 1 aromatic carbocycles. The number of benzene rings is 1. The molecule has 1 aromatic heterocycles. The molecule has 0 amide bonds. The summed E-state index contributed by atoms with van der Waals surface area (Å²) in [6.45, 7) is 4.17. The molecule has 4 nitrogen and oxygen atoms in total. The van der Waals surface area contributed by atoms with Gasteiger partial charge in [0, 0.05) is 19.0 Å². The maximum Gasteiger partial charge on any atom is 0.149 e. The van der Waals surface area contributed by atoms with Crippen molar-refractivity contribution >= 4 is 0 Å². The van der Waals surface area contributed by atoms with E-state index in [9.17, 15) is 0 Å². The monoisotopic (exact) mass is 254 g/mol. The molecule has 4 rings (SSSR count). The lowest BCUT2D eigenvalue weighted by molar-refractivity contribution is 0.423. The Hall–Kier alpha value is -1.68. The zero-order valence-electron chi connectivity index (χ0n) is 11.1. The number of fused-ring (bicyclic) bond motifs is 2. The Bertz CT molecular complexity index is 591. The highest BCUT2D eigenvalue weighted by atomic mass is 15.3. The normalized spacial score (nSPS) is 22.3. The van der Waals surface area contributed by atoms with E-state index in [-0.39, 0.29) is 0 Å². The quantitative estimate of drug-likeness (QED) is 0.844. The van der Waals surface area contributed by atoms with Gasteiger partial charge in [-0.25, -0.2) is 0 Å². The van der Waals surface area contributed by atoms with E-state index in [1.807, 2.05) is 0 Å². The average molecular weight is 254 g/mol. The van der Waals surface area contributed by atoms with Crippen molar-refractivity contribution in [3.63, 3.8) is 0 Å². The summed E-state index contributed by atoms with van der Waals surface area (Å²) in [6, 6.07) is 9.07. The minimum Gasteiger partial charge on any atom is -0.312 e. The molecule has 2 aromatic rings. The molecule has 0 radical (unpaired) electrons. The Labute approximate surface area is 112 Å². The molecule has 0 saturated carbocycles. The van der Waals surface area contributed by atoms with Crippen molar-refractivity contribution in [1.29, 1.82) is 0 Å². The molecule has 0 bridgehead atoms. The summed E-state index contributed by atoms with van der Waals surface area (Å²) in [5.74, 6) is 2.78. The molecule has 2 aliphatic rings. The Balaban J connectivity index is 1.69. The third kappa shape index (κ3) is 1.70. The van der Waals surface area contributed by atoms with Crippen LogP contribution < -0.4 is 5.32 Å². The molecule has 1 unspecified atom stereocenters. The molecule has 0 saturated heterocycles. The number of nitrogens with one attached hydrogen (secondary N) is 1. The fraction of sp³-hybridized carbons (Fsp3) is 0.467. The minimum atomic E-state index is 0.318. The van der Waals surface area contributed by atoms with Crippen molar-refractivity contribution in [3.05, 3.63) is 47.0 Å². The third-order valence-corrected chi connectivity index (χ3v) is 4.40. The molecule has 1 aliphatic heterocycles. The second-order valence-electron chi connectivity index (χ2n) is 5.62. The van der Waals surface area contributed by atoms with Crippen LogP contribution in [0.1, 0.15) is 41.7 Å². The smallest absolute Gasteiger partial charge is 0.149 e. The second-order valence-corrected chi connectivity index (χ2v) is 5.62. The van der Waals surface area contributed by atoms with Gasteiger partial charge in [-0.1, -0.05) is 24.3 Å². The summed E-state index contributed by atoms with van der Waals surface area (Å²) >= 11 is 0. The third-order valence-electron chi connectivity index (χ3n) is 4.40. The number of nitrogens with zero attached hydrogens (tertiary/aromatic N) is 3. The Morgan fingerprint density at radius 1 is 1.11 bits per heavy atom. The molecule has 19 heavy (non-hydrogen) atoms. The van der Waals surface area contributed by atoms with Crippen molar-refractivity contribution in [2.45, 2.75) is 38.3 Å². The number of hydrogen-bond acceptors (Lipinski definition) is 3. The van der Waals surface area contributed by atoms with Gasteiger partial charge in [0.05, 0.1) is 6.04 Å². The van der Waals surface area contributed by atoms with Gasteiger partial charge in [0.1, 0.15) is 11.6 Å². The van der Waals surface area contributed by atoms with E-state index in [1.54, 1.807) is 0 Å². The highest BCUT2D eigenvalue weighted by molar-refractivity contribution is 5.35. The number of aromatic nitrogens is 3. The van der Waals surface area contributed by atoms with Crippen LogP contribution in [0.5, 0.6) is 0 Å². The Kier molecular flexibility index (Phi) is 2.45. The van der Waals surface area contributed by atoms with Crippen LogP contribution in [0.3, 0.4) is 0 Å². The van der Waals surface area contributed by atoms with Gasteiger partial charge in [0.2, 0.25) is 0 Å². The van der Waals surface area contributed by atoms with E-state index in [2.05, 4.69) is 51.3 Å². The van der Waals surface area contributed by atoms with Crippen LogP contribution >= 0.6 is 0 Å². The van der Waals surface area contributed by atoms with E-state index < -0.39 is 0 Å². The molecule has 1 aliphatic carbocycles. The molecule has 2 heterocycles. The van der Waals surface area contributed by atoms with E-state index in [1.165, 1.54) is 17.0 Å². The largest absolute Gasteiger partial charge is 0.312 e. The molecule has 0 spiro atoms. The molecular formula is C15H18N4. The number of hydrogen-bond donors (Lipinski definition) is 1. The first-order valence-corrected chi connectivity index (χ1v) is 7.06. The summed E-state index contributed by atoms with van der Waals surface area (Å²) in [6.07, 6.45) is 2.21. The highest BCUT2D eigenvalue weighted by Crippen LogP contribution is 2.34. The lowest BCUT2D eigenvalue weighted by Gasteiger charge is -2.23. The van der Waals surface area contributed by atoms with Crippen LogP contribution in [0.4, 0.5) is 0 Å². The maximum absolute atomic E-state index is 4.49. The lowest BCUT2D eigenvalue weighted by atomic mass is 10.1. The van der Waals surface area contributed by atoms with Gasteiger partial charge >= 0.3 is 0 Å². The van der Waals surface area contributed by atoms with Crippen molar-refractivity contribution in [2.75, 3.05) is 6.54 Å². The van der Waals surface area contributed by atoms with E-state index >= 15 is 0 Å². The highest BCUT2D eigenvalue weighted by Gasteiger charge is 2.30. The van der Waals surface area contributed by atoms with Crippen LogP contribution in [-0.2, 0) is 19.4 Å². The van der Waals surface area contributed by atoms with Crippen LogP contribution in [0.25, 0.3) is 0 Å². The molecule has 0 fully saturated rings. The lowest BCUT2D eigenvalue weighted by Crippen LogP contribution is -2.33. The van der Waals surface area contributed by atoms with Crippen LogP contribution in [0.15, 0.2) is 24.3 Å². The van der Waals surface area contributed by atoms with Gasteiger partial charge in [0.15, 0.2) is 0 Å². The van der Waals surface area contributed by atoms with Gasteiger partial charge in [0.25, 0.3) is 0 Å². The van der Waals surface area contributed by atoms with Gasteiger partial charge in [-0.05, 0) is 30.9 Å². The van der Waals surface area contributed by atoms with Crippen LogP contribution in [-0.4, -0.2) is 21.3 Å². The maximum atomic E-state index is 4.49. The Morgan fingerprint density at radius 2 is 1.79 bits per heavy atom.